The quantitative estimate of drug-likeness (QED) is 0.538. The minimum atomic E-state index is 0. The number of nitrogens with one attached hydrogen (secondary N) is 1. The predicted octanol–water partition coefficient (Wildman–Crippen LogP) is -0.956. The number of nitrogens with zero attached hydrogens (tertiary/aromatic N) is 3. The third kappa shape index (κ3) is 5.62. The fraction of sp³-hybridized carbons (Fsp3) is 0.357. The molecule has 0 spiro atoms. The van der Waals surface area contributed by atoms with Crippen molar-refractivity contribution in [1.29, 1.82) is 5.26 Å². The number of hydrogen-bond acceptors (Lipinski definition) is 5. The van der Waals surface area contributed by atoms with Crippen molar-refractivity contribution in [2.24, 2.45) is 0 Å². The van der Waals surface area contributed by atoms with Crippen LogP contribution in [0.25, 0.3) is 0 Å². The van der Waals surface area contributed by atoms with Gasteiger partial charge in [-0.2, -0.15) is 5.26 Å². The van der Waals surface area contributed by atoms with Crippen LogP contribution in [0.5, 0.6) is 0 Å². The molecule has 1 aromatic rings. The first-order valence-electron chi connectivity index (χ1n) is 6.35. The van der Waals surface area contributed by atoms with E-state index in [1.165, 1.54) is 0 Å². The third-order valence-electron chi connectivity index (χ3n) is 3.04. The van der Waals surface area contributed by atoms with Gasteiger partial charge in [-0.25, -0.2) is 0 Å². The Balaban J connectivity index is 0.00000200. The van der Waals surface area contributed by atoms with E-state index in [4.69, 9.17) is 11.0 Å². The van der Waals surface area contributed by atoms with E-state index in [2.05, 4.69) is 40.6 Å². The average molecular weight is 329 g/mol. The highest BCUT2D eigenvalue weighted by molar-refractivity contribution is 5.85. The number of nitrogens with two attached hydrogens (primary N) is 1. The van der Waals surface area contributed by atoms with E-state index in [9.17, 15) is 0 Å². The monoisotopic (exact) mass is 328 g/mol. The summed E-state index contributed by atoms with van der Waals surface area (Å²) in [7, 11) is 2.06. The first-order chi connectivity index (χ1) is 9.19. The molecule has 21 heavy (non-hydrogen) atoms. The zero-order chi connectivity index (χ0) is 13.7. The summed E-state index contributed by atoms with van der Waals surface area (Å²) in [6, 6.07) is 7.51. The Hall–Kier alpha value is -1.77. The number of benzene rings is 1. The summed E-state index contributed by atoms with van der Waals surface area (Å²) in [5, 5.41) is 12.3. The van der Waals surface area contributed by atoms with Gasteiger partial charge in [0.2, 0.25) is 0 Å². The highest BCUT2D eigenvalue weighted by atomic mass is 35.5. The fourth-order valence-electron chi connectivity index (χ4n) is 2.05. The number of nitriles is 1. The van der Waals surface area contributed by atoms with Crippen LogP contribution in [-0.2, 0) is 0 Å². The molecule has 0 saturated carbocycles. The third-order valence-corrected chi connectivity index (χ3v) is 3.04. The second-order valence-corrected chi connectivity index (χ2v) is 4.71. The van der Waals surface area contributed by atoms with E-state index >= 15 is 0 Å². The van der Waals surface area contributed by atoms with Crippen LogP contribution in [0.4, 0.5) is 11.4 Å². The Morgan fingerprint density at radius 1 is 1.38 bits per heavy atom. The number of hydrogen-bond donors (Lipinski definition) is 2. The van der Waals surface area contributed by atoms with Crippen LogP contribution in [0.3, 0.4) is 0 Å². The molecule has 1 aliphatic rings. The smallest absolute Gasteiger partial charge is 0.101 e. The second-order valence-electron chi connectivity index (χ2n) is 4.71. The van der Waals surface area contributed by atoms with Gasteiger partial charge < -0.3 is 33.3 Å². The molecule has 0 atom stereocenters. The van der Waals surface area contributed by atoms with E-state index in [1.807, 2.05) is 6.07 Å². The maximum absolute atomic E-state index is 9.03. The van der Waals surface area contributed by atoms with Crippen LogP contribution in [0, 0.1) is 11.3 Å². The van der Waals surface area contributed by atoms with Crippen molar-refractivity contribution in [3.05, 3.63) is 36.2 Å². The largest absolute Gasteiger partial charge is 1.00 e. The molecule has 7 heteroatoms. The lowest BCUT2D eigenvalue weighted by molar-refractivity contribution is -0.00000434. The van der Waals surface area contributed by atoms with Gasteiger partial charge in [0.05, 0.1) is 17.9 Å². The maximum Gasteiger partial charge on any atom is 0.101 e. The second kappa shape index (κ2) is 9.22. The Morgan fingerprint density at radius 3 is 2.76 bits per heavy atom. The van der Waals surface area contributed by atoms with Crippen LogP contribution in [0.1, 0.15) is 12.0 Å². The van der Waals surface area contributed by atoms with Crippen LogP contribution in [0.15, 0.2) is 30.6 Å². The van der Waals surface area contributed by atoms with E-state index in [1.54, 1.807) is 12.1 Å². The number of halogens is 2. The summed E-state index contributed by atoms with van der Waals surface area (Å²) < 4.78 is 0. The molecule has 3 N–H and O–H groups in total. The van der Waals surface area contributed by atoms with E-state index in [0.29, 0.717) is 11.3 Å². The van der Waals surface area contributed by atoms with Gasteiger partial charge in [-0.1, -0.05) is 0 Å². The van der Waals surface area contributed by atoms with Crippen molar-refractivity contribution in [1.82, 2.24) is 9.80 Å². The Kier molecular flexibility index (Phi) is 8.44. The number of nitrogen functional groups attached to an aromatic ring is 1. The SMILES string of the molecule is CN1C=CN(CCCNc2ccc(N)cc2C#N)C1.Cl.[Cl-]. The van der Waals surface area contributed by atoms with Gasteiger partial charge in [0.15, 0.2) is 0 Å². The van der Waals surface area contributed by atoms with E-state index in [-0.39, 0.29) is 24.8 Å². The van der Waals surface area contributed by atoms with Crippen LogP contribution >= 0.6 is 12.4 Å². The lowest BCUT2D eigenvalue weighted by Gasteiger charge is -2.18. The lowest BCUT2D eigenvalue weighted by Crippen LogP contribution is -3.00. The van der Waals surface area contributed by atoms with Crippen LogP contribution in [-0.4, -0.2) is 36.6 Å². The number of anilines is 2. The van der Waals surface area contributed by atoms with Crippen LogP contribution < -0.4 is 23.5 Å². The molecule has 0 amide bonds. The zero-order valence-corrected chi connectivity index (χ0v) is 13.5. The molecule has 1 heterocycles. The van der Waals surface area contributed by atoms with Gasteiger partial charge in [0.1, 0.15) is 6.07 Å². The summed E-state index contributed by atoms with van der Waals surface area (Å²) in [5.41, 5.74) is 7.72. The van der Waals surface area contributed by atoms with Crippen molar-refractivity contribution in [2.75, 3.05) is 37.9 Å². The number of rotatable bonds is 5. The first kappa shape index (κ1) is 19.2. The molecule has 0 saturated heterocycles. The van der Waals surface area contributed by atoms with Gasteiger partial charge in [-0.15, -0.1) is 12.4 Å². The van der Waals surface area contributed by atoms with Gasteiger partial charge in [-0.3, -0.25) is 0 Å². The zero-order valence-electron chi connectivity index (χ0n) is 11.9. The maximum atomic E-state index is 9.03. The molecular weight excluding hydrogens is 309 g/mol. The Labute approximate surface area is 138 Å². The first-order valence-corrected chi connectivity index (χ1v) is 6.35. The molecule has 0 fully saturated rings. The van der Waals surface area contributed by atoms with E-state index in [0.717, 1.165) is 31.9 Å². The highest BCUT2D eigenvalue weighted by Crippen LogP contribution is 2.17. The predicted molar refractivity (Wildman–Crippen MR) is 84.4 cm³/mol. The minimum absolute atomic E-state index is 0. The summed E-state index contributed by atoms with van der Waals surface area (Å²) >= 11 is 0. The van der Waals surface area contributed by atoms with Crippen molar-refractivity contribution in [3.63, 3.8) is 0 Å². The summed E-state index contributed by atoms with van der Waals surface area (Å²) in [4.78, 5) is 4.40. The molecule has 2 rings (SSSR count). The fourth-order valence-corrected chi connectivity index (χ4v) is 2.05. The van der Waals surface area contributed by atoms with Gasteiger partial charge in [0, 0.05) is 38.2 Å². The topological polar surface area (TPSA) is 68.3 Å². The average Bonchev–Trinajstić information content (AvgIpc) is 2.81. The molecule has 5 nitrogen and oxygen atoms in total. The molecular formula is C14H20Cl2N5-. The lowest BCUT2D eigenvalue weighted by atomic mass is 10.1. The molecule has 1 aliphatic heterocycles. The molecule has 0 aromatic heterocycles. The summed E-state index contributed by atoms with van der Waals surface area (Å²) in [6.07, 6.45) is 5.19. The van der Waals surface area contributed by atoms with Crippen molar-refractivity contribution in [2.45, 2.75) is 6.42 Å². The van der Waals surface area contributed by atoms with Gasteiger partial charge in [0.25, 0.3) is 0 Å². The van der Waals surface area contributed by atoms with Gasteiger partial charge in [-0.05, 0) is 24.6 Å². The van der Waals surface area contributed by atoms with Crippen molar-refractivity contribution >= 4 is 23.8 Å². The molecule has 0 radical (unpaired) electrons. The van der Waals surface area contributed by atoms with Crippen molar-refractivity contribution < 1.29 is 12.4 Å². The molecule has 0 aliphatic carbocycles. The molecule has 0 unspecified atom stereocenters. The normalized spacial score (nSPS) is 12.4. The summed E-state index contributed by atoms with van der Waals surface area (Å²) in [5.74, 6) is 0. The van der Waals surface area contributed by atoms with E-state index < -0.39 is 0 Å². The highest BCUT2D eigenvalue weighted by Gasteiger charge is 2.07. The van der Waals surface area contributed by atoms with Gasteiger partial charge >= 0.3 is 0 Å². The standard InChI is InChI=1S/C14H19N5.2ClH/c1-18-7-8-19(11-18)6-2-5-17-14-4-3-13(16)9-12(14)10-15;;/h3-4,7-9,17H,2,5-6,11,16H2,1H3;2*1H/p-1. The molecule has 116 valence electrons. The minimum Gasteiger partial charge on any atom is -1.00 e. The molecule has 1 aromatic carbocycles. The summed E-state index contributed by atoms with van der Waals surface area (Å²) in [6.45, 7) is 2.79. The molecule has 0 bridgehead atoms. The van der Waals surface area contributed by atoms with Crippen LogP contribution in [0.2, 0.25) is 0 Å². The van der Waals surface area contributed by atoms with Crippen molar-refractivity contribution in [3.8, 4) is 6.07 Å². The Morgan fingerprint density at radius 2 is 2.14 bits per heavy atom. The Bertz CT molecular complexity index is 513.